The van der Waals surface area contributed by atoms with Crippen molar-refractivity contribution in [3.63, 3.8) is 0 Å². The number of rotatable bonds is 13. The van der Waals surface area contributed by atoms with Crippen molar-refractivity contribution in [2.45, 2.75) is 75.1 Å². The Kier molecular flexibility index (Phi) is 10.5. The third-order valence-corrected chi connectivity index (χ3v) is 12.7. The molecule has 3 aliphatic rings. The number of ether oxygens (including phenoxy) is 1. The molecule has 2 N–H and O–H groups in total. The number of benzene rings is 2. The van der Waals surface area contributed by atoms with E-state index in [0.717, 1.165) is 11.1 Å². The molecule has 9 nitrogen and oxygen atoms in total. The fraction of sp³-hybridized carbons (Fsp3) is 0.576. The smallest absolute Gasteiger partial charge is 0.304 e. The Morgan fingerprint density at radius 2 is 1.78 bits per heavy atom. The van der Waals surface area contributed by atoms with Gasteiger partial charge in [0.2, 0.25) is 15.9 Å². The molecule has 2 heterocycles. The lowest BCUT2D eigenvalue weighted by atomic mass is 9.64. The Hall–Kier alpha value is -2.21. The van der Waals surface area contributed by atoms with Crippen molar-refractivity contribution >= 4 is 45.1 Å². The highest BCUT2D eigenvalue weighted by Gasteiger charge is 2.55. The molecular weight excluding hydrogens is 637 g/mol. The van der Waals surface area contributed by atoms with Crippen molar-refractivity contribution in [2.75, 3.05) is 39.4 Å². The number of nitrogens with zero attached hydrogens (tertiary/aromatic N) is 2. The van der Waals surface area contributed by atoms with E-state index in [-0.39, 0.29) is 24.8 Å². The van der Waals surface area contributed by atoms with Crippen LogP contribution in [0.3, 0.4) is 0 Å². The van der Waals surface area contributed by atoms with Gasteiger partial charge in [-0.1, -0.05) is 54.4 Å². The number of carboxylic acids is 1. The number of hydrogen-bond donors (Lipinski definition) is 2. The molecule has 1 saturated carbocycles. The minimum absolute atomic E-state index is 0.0269. The highest BCUT2D eigenvalue weighted by molar-refractivity contribution is 7.91. The van der Waals surface area contributed by atoms with E-state index < -0.39 is 38.2 Å². The summed E-state index contributed by atoms with van der Waals surface area (Å²) in [6.45, 7) is 6.84. The molecular formula is C33H43Cl2N3O6S. The first-order valence-corrected chi connectivity index (χ1v) is 18.0. The second kappa shape index (κ2) is 13.9. The lowest BCUT2D eigenvalue weighted by Crippen LogP contribution is -2.59. The highest BCUT2D eigenvalue weighted by atomic mass is 35.5. The number of carboxylic acid groups (broad SMARTS) is 1. The third-order valence-electron chi connectivity index (χ3n) is 9.94. The average Bonchev–Trinajstić information content (AvgIpc) is 3.78. The summed E-state index contributed by atoms with van der Waals surface area (Å²) in [7, 11) is -3.61. The summed E-state index contributed by atoms with van der Waals surface area (Å²) in [5.74, 6) is -1.63. The maximum Gasteiger partial charge on any atom is 0.304 e. The minimum Gasteiger partial charge on any atom is -0.481 e. The average molecular weight is 681 g/mol. The number of piperidine rings is 1. The molecule has 5 rings (SSSR count). The first-order chi connectivity index (χ1) is 21.4. The lowest BCUT2D eigenvalue weighted by molar-refractivity contribution is -0.163. The molecule has 4 unspecified atom stereocenters. The summed E-state index contributed by atoms with van der Waals surface area (Å²) in [6, 6.07) is 13.8. The van der Waals surface area contributed by atoms with Gasteiger partial charge in [-0.15, -0.1) is 0 Å². The van der Waals surface area contributed by atoms with Gasteiger partial charge in [-0.3, -0.25) is 14.5 Å². The Labute approximate surface area is 276 Å². The zero-order valence-corrected chi connectivity index (χ0v) is 28.2. The summed E-state index contributed by atoms with van der Waals surface area (Å²) in [6.07, 6.45) is 1.96. The van der Waals surface area contributed by atoms with Gasteiger partial charge >= 0.3 is 5.97 Å². The number of likely N-dealkylation sites (tertiary alicyclic amines) is 1. The summed E-state index contributed by atoms with van der Waals surface area (Å²) in [5.41, 5.74) is 0.502. The first kappa shape index (κ1) is 34.1. The summed E-state index contributed by atoms with van der Waals surface area (Å²) >= 11 is 12.8. The zero-order valence-electron chi connectivity index (χ0n) is 25.9. The van der Waals surface area contributed by atoms with Crippen LogP contribution >= 0.6 is 23.2 Å². The van der Waals surface area contributed by atoms with E-state index in [1.54, 1.807) is 30.0 Å². The van der Waals surface area contributed by atoms with Crippen LogP contribution in [0.25, 0.3) is 0 Å². The van der Waals surface area contributed by atoms with E-state index in [0.29, 0.717) is 75.0 Å². The summed E-state index contributed by atoms with van der Waals surface area (Å²) in [5, 5.41) is 11.3. The molecule has 4 atom stereocenters. The van der Waals surface area contributed by atoms with Crippen LogP contribution in [0.15, 0.2) is 48.5 Å². The first-order valence-electron chi connectivity index (χ1n) is 15.7. The van der Waals surface area contributed by atoms with Crippen LogP contribution in [0, 0.1) is 5.41 Å². The second-order valence-corrected chi connectivity index (χ2v) is 16.1. The SMILES string of the molecule is CCC(CNS(=O)(=O)C1(C)CC1)N1C(=O)C(CCN2CCOCC2)(CC(=O)O)CC(c2cccc(Cl)c2)C1c1ccc(Cl)cc1. The number of carbonyl (C=O) groups excluding carboxylic acids is 1. The Morgan fingerprint density at radius 3 is 2.38 bits per heavy atom. The molecule has 0 aromatic heterocycles. The Morgan fingerprint density at radius 1 is 1.09 bits per heavy atom. The third kappa shape index (κ3) is 7.52. The molecule has 2 aromatic rings. The molecule has 0 radical (unpaired) electrons. The number of nitrogens with one attached hydrogen (secondary N) is 1. The minimum atomic E-state index is -3.61. The second-order valence-electron chi connectivity index (χ2n) is 13.0. The van der Waals surface area contributed by atoms with Crippen LogP contribution in [0.4, 0.5) is 0 Å². The van der Waals surface area contributed by atoms with E-state index >= 15 is 4.79 Å². The van der Waals surface area contributed by atoms with Gasteiger partial charge in [-0.2, -0.15) is 0 Å². The molecule has 2 aliphatic heterocycles. The molecule has 0 bridgehead atoms. The molecule has 1 amide bonds. The van der Waals surface area contributed by atoms with Gasteiger partial charge in [0.05, 0.1) is 35.8 Å². The van der Waals surface area contributed by atoms with Crippen LogP contribution in [0.5, 0.6) is 0 Å². The van der Waals surface area contributed by atoms with Crippen LogP contribution in [-0.4, -0.2) is 85.4 Å². The molecule has 12 heteroatoms. The normalized spacial score (nSPS) is 26.0. The van der Waals surface area contributed by atoms with E-state index in [1.165, 1.54) is 0 Å². The van der Waals surface area contributed by atoms with E-state index in [1.807, 2.05) is 37.3 Å². The predicted molar refractivity (Wildman–Crippen MR) is 175 cm³/mol. The lowest BCUT2D eigenvalue weighted by Gasteiger charge is -2.53. The number of morpholine rings is 1. The van der Waals surface area contributed by atoms with E-state index in [4.69, 9.17) is 27.9 Å². The van der Waals surface area contributed by atoms with Crippen molar-refractivity contribution in [2.24, 2.45) is 5.41 Å². The number of hydrogen-bond acceptors (Lipinski definition) is 6. The monoisotopic (exact) mass is 679 g/mol. The van der Waals surface area contributed by atoms with Gasteiger partial charge in [0.1, 0.15) is 0 Å². The Balaban J connectivity index is 1.62. The quantitative estimate of drug-likeness (QED) is 0.288. The standard InChI is InChI=1S/C33H43Cl2N3O6S/c1-3-27(22-36-45(42,43)32(2)11-12-32)38-30(23-7-9-25(34)10-8-23)28(24-5-4-6-26(35)19-24)20-33(31(38)41,21-29(39)40)13-14-37-15-17-44-18-16-37/h4-10,19,27-28,30,36H,3,11-18,20-22H2,1-2H3,(H,39,40). The number of halogens is 2. The number of carbonyl (C=O) groups is 2. The van der Waals surface area contributed by atoms with Crippen LogP contribution in [0.1, 0.15) is 75.5 Å². The van der Waals surface area contributed by atoms with Crippen LogP contribution in [-0.2, 0) is 24.3 Å². The molecule has 246 valence electrons. The maximum atomic E-state index is 15.1. The van der Waals surface area contributed by atoms with Crippen LogP contribution in [0.2, 0.25) is 10.0 Å². The van der Waals surface area contributed by atoms with Crippen molar-refractivity contribution in [1.82, 2.24) is 14.5 Å². The molecule has 3 fully saturated rings. The van der Waals surface area contributed by atoms with Gasteiger partial charge in [-0.05, 0) is 81.0 Å². The van der Waals surface area contributed by atoms with Gasteiger partial charge in [-0.25, -0.2) is 13.1 Å². The predicted octanol–water partition coefficient (Wildman–Crippen LogP) is 5.48. The van der Waals surface area contributed by atoms with E-state index in [9.17, 15) is 18.3 Å². The number of amides is 1. The van der Waals surface area contributed by atoms with Gasteiger partial charge in [0.15, 0.2) is 0 Å². The van der Waals surface area contributed by atoms with Crippen molar-refractivity contribution in [1.29, 1.82) is 0 Å². The Bertz CT molecular complexity index is 1480. The van der Waals surface area contributed by atoms with Crippen LogP contribution < -0.4 is 4.72 Å². The fourth-order valence-corrected chi connectivity index (χ4v) is 8.62. The molecule has 2 aromatic carbocycles. The van der Waals surface area contributed by atoms with E-state index in [2.05, 4.69) is 9.62 Å². The van der Waals surface area contributed by atoms with Crippen molar-refractivity contribution in [3.05, 3.63) is 69.7 Å². The number of sulfonamides is 1. The summed E-state index contributed by atoms with van der Waals surface area (Å²) < 4.78 is 34.0. The topological polar surface area (TPSA) is 116 Å². The molecule has 1 aliphatic carbocycles. The molecule has 45 heavy (non-hydrogen) atoms. The van der Waals surface area contributed by atoms with Gasteiger partial charge < -0.3 is 14.7 Å². The maximum absolute atomic E-state index is 15.1. The number of aliphatic carboxylic acids is 1. The highest BCUT2D eigenvalue weighted by Crippen LogP contribution is 2.54. The van der Waals surface area contributed by atoms with Crippen molar-refractivity contribution < 1.29 is 27.9 Å². The molecule has 0 spiro atoms. The zero-order chi connectivity index (χ0) is 32.4. The van der Waals surface area contributed by atoms with Gasteiger partial charge in [0, 0.05) is 41.6 Å². The summed E-state index contributed by atoms with van der Waals surface area (Å²) in [4.78, 5) is 31.6. The van der Waals surface area contributed by atoms with Gasteiger partial charge in [0.25, 0.3) is 0 Å². The largest absolute Gasteiger partial charge is 0.481 e. The molecule has 2 saturated heterocycles. The fourth-order valence-electron chi connectivity index (χ4n) is 6.89. The van der Waals surface area contributed by atoms with Crippen molar-refractivity contribution in [3.8, 4) is 0 Å².